The molecule has 30 heavy (non-hydrogen) atoms. The molecule has 1 saturated carbocycles. The third-order valence-corrected chi connectivity index (χ3v) is 6.74. The van der Waals surface area contributed by atoms with E-state index in [2.05, 4.69) is 32.4 Å². The zero-order valence-corrected chi connectivity index (χ0v) is 16.4. The van der Waals surface area contributed by atoms with Crippen molar-refractivity contribution in [1.29, 1.82) is 0 Å². The highest BCUT2D eigenvalue weighted by Gasteiger charge is 2.53. The van der Waals surface area contributed by atoms with Gasteiger partial charge in [-0.15, -0.1) is 0 Å². The van der Waals surface area contributed by atoms with Crippen LogP contribution in [0.4, 0.5) is 13.2 Å². The van der Waals surface area contributed by atoms with Gasteiger partial charge in [0.2, 0.25) is 0 Å². The van der Waals surface area contributed by atoms with Gasteiger partial charge in [-0.3, -0.25) is 4.90 Å². The highest BCUT2D eigenvalue weighted by molar-refractivity contribution is 5.80. The van der Waals surface area contributed by atoms with Crippen LogP contribution < -0.4 is 0 Å². The van der Waals surface area contributed by atoms with Crippen molar-refractivity contribution >= 4 is 11.0 Å². The first-order valence-corrected chi connectivity index (χ1v) is 10.3. The van der Waals surface area contributed by atoms with E-state index in [1.54, 1.807) is 0 Å². The molecule has 1 saturated heterocycles. The molecular formula is C22H23F3N4O. The molecule has 8 heteroatoms. The molecule has 2 N–H and O–H groups in total. The lowest BCUT2D eigenvalue weighted by molar-refractivity contribution is -0.149. The maximum Gasteiger partial charge on any atom is 0.416 e. The molecule has 3 aromatic rings. The second kappa shape index (κ2) is 7.06. The van der Waals surface area contributed by atoms with Gasteiger partial charge < -0.3 is 5.11 Å². The van der Waals surface area contributed by atoms with Crippen LogP contribution in [0.25, 0.3) is 11.0 Å². The van der Waals surface area contributed by atoms with Crippen LogP contribution in [-0.4, -0.2) is 38.5 Å². The Balaban J connectivity index is 1.54. The summed E-state index contributed by atoms with van der Waals surface area (Å²) in [6, 6.07) is 12.2. The summed E-state index contributed by atoms with van der Waals surface area (Å²) in [4.78, 5) is 2.31. The third kappa shape index (κ3) is 3.18. The Kier molecular flexibility index (Phi) is 4.59. The van der Waals surface area contributed by atoms with Crippen molar-refractivity contribution in [2.45, 2.75) is 37.6 Å². The van der Waals surface area contributed by atoms with Crippen molar-refractivity contribution in [3.63, 3.8) is 0 Å². The van der Waals surface area contributed by atoms with Gasteiger partial charge in [0.25, 0.3) is 0 Å². The molecule has 1 aromatic heterocycles. The lowest BCUT2D eigenvalue weighted by atomic mass is 9.62. The normalized spacial score (nSPS) is 27.5. The van der Waals surface area contributed by atoms with Gasteiger partial charge in [-0.05, 0) is 30.5 Å². The van der Waals surface area contributed by atoms with Crippen LogP contribution in [-0.2, 0) is 18.3 Å². The fraction of sp³-hybridized carbons (Fsp3) is 0.455. The number of aliphatic hydroxyl groups is 1. The largest absolute Gasteiger partial charge is 0.416 e. The quantitative estimate of drug-likeness (QED) is 0.675. The smallest absolute Gasteiger partial charge is 0.384 e. The molecule has 1 aliphatic heterocycles. The third-order valence-electron chi connectivity index (χ3n) is 6.74. The van der Waals surface area contributed by atoms with Crippen molar-refractivity contribution in [2.24, 2.45) is 11.8 Å². The number of aromatic nitrogens is 3. The molecule has 5 rings (SSSR count). The highest BCUT2D eigenvalue weighted by Crippen LogP contribution is 2.51. The number of piperidine rings is 1. The van der Waals surface area contributed by atoms with Crippen LogP contribution in [0.2, 0.25) is 0 Å². The fourth-order valence-electron chi connectivity index (χ4n) is 5.37. The minimum absolute atomic E-state index is 0.137. The summed E-state index contributed by atoms with van der Waals surface area (Å²) in [6.45, 7) is 2.04. The minimum atomic E-state index is -4.51. The molecule has 2 heterocycles. The van der Waals surface area contributed by atoms with E-state index in [4.69, 9.17) is 0 Å². The summed E-state index contributed by atoms with van der Waals surface area (Å²) >= 11 is 0. The molecule has 158 valence electrons. The van der Waals surface area contributed by atoms with E-state index in [0.717, 1.165) is 37.9 Å². The molecule has 2 unspecified atom stereocenters. The van der Waals surface area contributed by atoms with Gasteiger partial charge >= 0.3 is 6.18 Å². The van der Waals surface area contributed by atoms with Gasteiger partial charge in [-0.1, -0.05) is 36.8 Å². The van der Waals surface area contributed by atoms with Crippen LogP contribution in [0.1, 0.15) is 36.0 Å². The summed E-state index contributed by atoms with van der Waals surface area (Å²) in [6.07, 6.45) is -2.00. The summed E-state index contributed by atoms with van der Waals surface area (Å²) < 4.78 is 40.6. The molecule has 2 atom stereocenters. The lowest BCUT2D eigenvalue weighted by Crippen LogP contribution is -2.58. The van der Waals surface area contributed by atoms with Gasteiger partial charge in [0, 0.05) is 37.0 Å². The van der Waals surface area contributed by atoms with E-state index in [0.29, 0.717) is 18.6 Å². The second-order valence-corrected chi connectivity index (χ2v) is 8.54. The van der Waals surface area contributed by atoms with Crippen LogP contribution >= 0.6 is 0 Å². The molecule has 2 aromatic carbocycles. The van der Waals surface area contributed by atoms with E-state index >= 15 is 0 Å². The van der Waals surface area contributed by atoms with Crippen LogP contribution in [0.5, 0.6) is 0 Å². The Morgan fingerprint density at radius 3 is 2.43 bits per heavy atom. The summed E-state index contributed by atoms with van der Waals surface area (Å²) in [5.41, 5.74) is -0.217. The second-order valence-electron chi connectivity index (χ2n) is 8.54. The average molecular weight is 416 g/mol. The predicted molar refractivity (Wildman–Crippen MR) is 105 cm³/mol. The van der Waals surface area contributed by atoms with Gasteiger partial charge in [-0.25, -0.2) is 0 Å². The number of alkyl halides is 3. The van der Waals surface area contributed by atoms with Crippen LogP contribution in [0, 0.1) is 11.8 Å². The number of nitrogens with zero attached hydrogens (tertiary/aromatic N) is 3. The summed E-state index contributed by atoms with van der Waals surface area (Å²) in [5.74, 6) is -0.311. The predicted octanol–water partition coefficient (Wildman–Crippen LogP) is 4.10. The molecule has 0 amide bonds. The van der Waals surface area contributed by atoms with Gasteiger partial charge in [0.1, 0.15) is 11.0 Å². The number of rotatable bonds is 3. The number of aromatic amines is 1. The summed E-state index contributed by atoms with van der Waals surface area (Å²) in [7, 11) is 0. The van der Waals surface area contributed by atoms with Gasteiger partial charge in [0.05, 0.1) is 11.2 Å². The zero-order valence-electron chi connectivity index (χ0n) is 16.4. The first-order chi connectivity index (χ1) is 14.4. The van der Waals surface area contributed by atoms with E-state index < -0.39 is 17.3 Å². The van der Waals surface area contributed by atoms with Gasteiger partial charge in [-0.2, -0.15) is 28.6 Å². The Morgan fingerprint density at radius 1 is 1.07 bits per heavy atom. The topological polar surface area (TPSA) is 65.0 Å². The number of halogens is 3. The monoisotopic (exact) mass is 416 g/mol. The van der Waals surface area contributed by atoms with E-state index in [9.17, 15) is 18.3 Å². The molecule has 0 radical (unpaired) electrons. The maximum atomic E-state index is 13.5. The van der Waals surface area contributed by atoms with Crippen LogP contribution in [0.3, 0.4) is 0 Å². The standard InChI is InChI=1S/C22H23F3N4O/c23-22(24,25)17-9-18(20-19(10-17)26-28-27-20)21(30)15-7-4-8-16(21)13-29(12-15)11-14-5-2-1-3-6-14/h1-3,5-6,9-10,15-16,30H,4,7-8,11-13H2,(H,26,27,28). The first-order valence-electron chi connectivity index (χ1n) is 10.3. The zero-order chi connectivity index (χ0) is 20.9. The number of nitrogens with one attached hydrogen (secondary N) is 1. The molecule has 5 nitrogen and oxygen atoms in total. The van der Waals surface area contributed by atoms with Crippen molar-refractivity contribution in [1.82, 2.24) is 20.3 Å². The van der Waals surface area contributed by atoms with E-state index in [1.807, 2.05) is 18.2 Å². The fourth-order valence-corrected chi connectivity index (χ4v) is 5.37. The number of benzene rings is 2. The SMILES string of the molecule is OC1(c2cc(C(F)(F)F)cc3n[nH]nc23)C2CCCC1CN(Cc1ccccc1)C2. The average Bonchev–Trinajstić information content (AvgIpc) is 3.17. The van der Waals surface area contributed by atoms with E-state index in [-0.39, 0.29) is 22.9 Å². The molecule has 0 spiro atoms. The van der Waals surface area contributed by atoms with Crippen molar-refractivity contribution in [3.05, 3.63) is 59.2 Å². The van der Waals surface area contributed by atoms with Crippen LogP contribution in [0.15, 0.2) is 42.5 Å². The number of hydrogen-bond donors (Lipinski definition) is 2. The lowest BCUT2D eigenvalue weighted by Gasteiger charge is -2.53. The van der Waals surface area contributed by atoms with E-state index in [1.165, 1.54) is 5.56 Å². The Bertz CT molecular complexity index is 1040. The number of hydrogen-bond acceptors (Lipinski definition) is 4. The highest BCUT2D eigenvalue weighted by atomic mass is 19.4. The maximum absolute atomic E-state index is 13.5. The molecular weight excluding hydrogens is 393 g/mol. The summed E-state index contributed by atoms with van der Waals surface area (Å²) in [5, 5.41) is 22.4. The molecule has 1 aliphatic carbocycles. The molecule has 2 fully saturated rings. The van der Waals surface area contributed by atoms with Crippen molar-refractivity contribution in [3.8, 4) is 0 Å². The number of fused-ring (bicyclic) bond motifs is 3. The molecule has 2 aliphatic rings. The Hall–Kier alpha value is -2.45. The first kappa shape index (κ1) is 19.5. The number of H-pyrrole nitrogens is 1. The van der Waals surface area contributed by atoms with Crippen molar-refractivity contribution < 1.29 is 18.3 Å². The Morgan fingerprint density at radius 2 is 1.77 bits per heavy atom. The van der Waals surface area contributed by atoms with Gasteiger partial charge in [0.15, 0.2) is 0 Å². The Labute approximate surface area is 171 Å². The van der Waals surface area contributed by atoms with Crippen molar-refractivity contribution in [2.75, 3.05) is 13.1 Å². The molecule has 2 bridgehead atoms. The minimum Gasteiger partial charge on any atom is -0.384 e. The number of likely N-dealkylation sites (tertiary alicyclic amines) is 1.